The Labute approximate surface area is 201 Å². The maximum atomic E-state index is 12.5. The molecule has 34 heavy (non-hydrogen) atoms. The number of ether oxygens (including phenoxy) is 4. The van der Waals surface area contributed by atoms with E-state index in [1.54, 1.807) is 37.5 Å². The number of hydrazone groups is 1. The molecule has 1 N–H and O–H groups in total. The summed E-state index contributed by atoms with van der Waals surface area (Å²) < 4.78 is 22.5. The van der Waals surface area contributed by atoms with Gasteiger partial charge in [-0.1, -0.05) is 12.1 Å². The van der Waals surface area contributed by atoms with Gasteiger partial charge in [0.1, 0.15) is 24.7 Å². The first-order chi connectivity index (χ1) is 16.5. The largest absolute Gasteiger partial charge is 0.497 e. The molecule has 0 fully saturated rings. The molecule has 4 rings (SSSR count). The van der Waals surface area contributed by atoms with Crippen LogP contribution in [-0.2, 0) is 4.79 Å². The Bertz CT molecular complexity index is 1210. The monoisotopic (exact) mass is 480 g/mol. The van der Waals surface area contributed by atoms with Gasteiger partial charge in [-0.2, -0.15) is 15.1 Å². The predicted octanol–water partition coefficient (Wildman–Crippen LogP) is 4.19. The number of thioether (sulfide) groups is 1. The van der Waals surface area contributed by atoms with Crippen molar-refractivity contribution >= 4 is 39.8 Å². The molecule has 176 valence electrons. The van der Waals surface area contributed by atoms with E-state index < -0.39 is 5.91 Å². The molecule has 10 heteroatoms. The lowest BCUT2D eigenvalue weighted by atomic mass is 10.1. The minimum atomic E-state index is -0.471. The van der Waals surface area contributed by atoms with E-state index >= 15 is 0 Å². The van der Waals surface area contributed by atoms with Gasteiger partial charge in [0.05, 0.1) is 24.3 Å². The Kier molecular flexibility index (Phi) is 7.17. The average Bonchev–Trinajstić information content (AvgIpc) is 3.21. The van der Waals surface area contributed by atoms with Crippen molar-refractivity contribution in [2.75, 3.05) is 26.9 Å². The van der Waals surface area contributed by atoms with E-state index in [0.29, 0.717) is 47.8 Å². The van der Waals surface area contributed by atoms with E-state index in [2.05, 4.69) is 10.1 Å². The highest BCUT2D eigenvalue weighted by atomic mass is 32.2. The number of amides is 1. The Balaban J connectivity index is 1.45. The molecule has 0 aliphatic carbocycles. The van der Waals surface area contributed by atoms with Crippen LogP contribution < -0.4 is 18.9 Å². The maximum Gasteiger partial charge on any atom is 0.283 e. The number of nitrogens with one attached hydrogen (secondary N) is 1. The van der Waals surface area contributed by atoms with Crippen LogP contribution in [-0.4, -0.2) is 53.9 Å². The van der Waals surface area contributed by atoms with Crippen molar-refractivity contribution in [3.8, 4) is 23.0 Å². The molecular formula is C24H24N4O5S. The second-order valence-electron chi connectivity index (χ2n) is 7.15. The van der Waals surface area contributed by atoms with E-state index in [4.69, 9.17) is 24.4 Å². The molecule has 0 saturated carbocycles. The molecule has 2 aliphatic heterocycles. The van der Waals surface area contributed by atoms with Crippen LogP contribution >= 0.6 is 11.8 Å². The van der Waals surface area contributed by atoms with E-state index in [1.165, 1.54) is 16.8 Å². The Morgan fingerprint density at radius 2 is 1.85 bits per heavy atom. The van der Waals surface area contributed by atoms with Gasteiger partial charge in [-0.3, -0.25) is 10.2 Å². The summed E-state index contributed by atoms with van der Waals surface area (Å²) in [5.41, 5.74) is 0.841. The molecule has 0 spiro atoms. The minimum Gasteiger partial charge on any atom is -0.497 e. The first-order valence-corrected chi connectivity index (χ1v) is 11.4. The molecule has 0 aromatic heterocycles. The molecule has 0 atom stereocenters. The first-order valence-electron chi connectivity index (χ1n) is 10.6. The van der Waals surface area contributed by atoms with Crippen LogP contribution in [0.4, 0.5) is 0 Å². The SMILES string of the molecule is CCOc1cc(C=C2C(=N)N3N=C(C)SC3=NC2=O)ccc1OCCOc1cccc(OC)c1. The Morgan fingerprint density at radius 1 is 1.06 bits per heavy atom. The molecule has 2 heterocycles. The number of carbonyl (C=O) groups excluding carboxylic acids is 1. The second-order valence-corrected chi connectivity index (χ2v) is 8.31. The van der Waals surface area contributed by atoms with Gasteiger partial charge in [0, 0.05) is 6.07 Å². The van der Waals surface area contributed by atoms with E-state index in [9.17, 15) is 4.79 Å². The van der Waals surface area contributed by atoms with Crippen LogP contribution in [0, 0.1) is 5.41 Å². The zero-order valence-electron chi connectivity index (χ0n) is 19.0. The van der Waals surface area contributed by atoms with Crippen molar-refractivity contribution in [2.45, 2.75) is 13.8 Å². The second kappa shape index (κ2) is 10.4. The van der Waals surface area contributed by atoms with Gasteiger partial charge in [-0.15, -0.1) is 0 Å². The summed E-state index contributed by atoms with van der Waals surface area (Å²) in [7, 11) is 1.61. The number of rotatable bonds is 9. The van der Waals surface area contributed by atoms with Gasteiger partial charge in [-0.05, 0) is 61.5 Å². The standard InChI is InChI=1S/C24H24N4O5S/c1-4-31-21-13-16(12-19-22(25)28-24(26-23(19)29)34-15(2)27-28)8-9-20(21)33-11-10-32-18-7-5-6-17(14-18)30-3/h5-9,12-14,25H,4,10-11H2,1-3H3. The maximum absolute atomic E-state index is 12.5. The van der Waals surface area contributed by atoms with Gasteiger partial charge in [0.2, 0.25) is 5.17 Å². The van der Waals surface area contributed by atoms with Gasteiger partial charge < -0.3 is 18.9 Å². The summed E-state index contributed by atoms with van der Waals surface area (Å²) in [6, 6.07) is 12.7. The number of nitrogens with zero attached hydrogens (tertiary/aromatic N) is 3. The summed E-state index contributed by atoms with van der Waals surface area (Å²) in [5.74, 6) is 2.02. The van der Waals surface area contributed by atoms with Crippen molar-refractivity contribution in [3.63, 3.8) is 0 Å². The van der Waals surface area contributed by atoms with Crippen LogP contribution in [0.3, 0.4) is 0 Å². The zero-order chi connectivity index (χ0) is 24.1. The quantitative estimate of drug-likeness (QED) is 0.424. The molecule has 0 unspecified atom stereocenters. The summed E-state index contributed by atoms with van der Waals surface area (Å²) in [6.45, 7) is 4.77. The normalized spacial score (nSPS) is 16.2. The molecule has 2 aliphatic rings. The smallest absolute Gasteiger partial charge is 0.283 e. The van der Waals surface area contributed by atoms with Crippen molar-refractivity contribution in [2.24, 2.45) is 10.1 Å². The van der Waals surface area contributed by atoms with E-state index in [0.717, 1.165) is 10.8 Å². The van der Waals surface area contributed by atoms with Crippen LogP contribution in [0.15, 0.2) is 58.1 Å². The predicted molar refractivity (Wildman–Crippen MR) is 132 cm³/mol. The molecule has 0 bridgehead atoms. The summed E-state index contributed by atoms with van der Waals surface area (Å²) in [4.78, 5) is 16.6. The molecule has 2 aromatic carbocycles. The number of carbonyl (C=O) groups is 1. The number of aliphatic imine (C=N–C) groups is 1. The zero-order valence-corrected chi connectivity index (χ0v) is 19.8. The van der Waals surface area contributed by atoms with E-state index in [-0.39, 0.29) is 11.4 Å². The number of hydrogen-bond donors (Lipinski definition) is 1. The molecule has 2 aromatic rings. The lowest BCUT2D eigenvalue weighted by Gasteiger charge is -2.20. The van der Waals surface area contributed by atoms with Crippen LogP contribution in [0.1, 0.15) is 19.4 Å². The van der Waals surface area contributed by atoms with Crippen LogP contribution in [0.2, 0.25) is 0 Å². The molecule has 9 nitrogen and oxygen atoms in total. The topological polar surface area (TPSA) is 106 Å². The van der Waals surface area contributed by atoms with Gasteiger partial charge in [0.25, 0.3) is 5.91 Å². The lowest BCUT2D eigenvalue weighted by molar-refractivity contribution is -0.114. The van der Waals surface area contributed by atoms with Crippen LogP contribution in [0.25, 0.3) is 6.08 Å². The number of methoxy groups -OCH3 is 1. The molecule has 0 radical (unpaired) electrons. The Morgan fingerprint density at radius 3 is 2.65 bits per heavy atom. The molecular weight excluding hydrogens is 456 g/mol. The van der Waals surface area contributed by atoms with E-state index in [1.807, 2.05) is 32.0 Å². The average molecular weight is 481 g/mol. The van der Waals surface area contributed by atoms with Crippen molar-refractivity contribution in [3.05, 3.63) is 53.6 Å². The fourth-order valence-electron chi connectivity index (χ4n) is 3.26. The highest BCUT2D eigenvalue weighted by Crippen LogP contribution is 2.31. The minimum absolute atomic E-state index is 0.00710. The number of amidine groups is 2. The molecule has 1 amide bonds. The lowest BCUT2D eigenvalue weighted by Crippen LogP contribution is -2.35. The van der Waals surface area contributed by atoms with Crippen molar-refractivity contribution < 1.29 is 23.7 Å². The summed E-state index contributed by atoms with van der Waals surface area (Å²) >= 11 is 1.27. The fraction of sp³-hybridized carbons (Fsp3) is 0.250. The third-order valence-electron chi connectivity index (χ3n) is 4.78. The van der Waals surface area contributed by atoms with Crippen molar-refractivity contribution in [1.29, 1.82) is 5.41 Å². The summed E-state index contributed by atoms with van der Waals surface area (Å²) in [5, 5.41) is 15.1. The van der Waals surface area contributed by atoms with Crippen LogP contribution in [0.5, 0.6) is 23.0 Å². The summed E-state index contributed by atoms with van der Waals surface area (Å²) in [6.07, 6.45) is 1.61. The third-order valence-corrected chi connectivity index (χ3v) is 5.61. The number of hydrogen-bond acceptors (Lipinski definition) is 8. The fourth-order valence-corrected chi connectivity index (χ4v) is 3.99. The van der Waals surface area contributed by atoms with Gasteiger partial charge >= 0.3 is 0 Å². The van der Waals surface area contributed by atoms with Gasteiger partial charge in [0.15, 0.2) is 17.3 Å². The highest BCUT2D eigenvalue weighted by molar-refractivity contribution is 8.26. The van der Waals surface area contributed by atoms with Crippen molar-refractivity contribution in [1.82, 2.24) is 5.01 Å². The highest BCUT2D eigenvalue weighted by Gasteiger charge is 2.34. The number of fused-ring (bicyclic) bond motifs is 1. The molecule has 0 saturated heterocycles. The first kappa shape index (κ1) is 23.4. The van der Waals surface area contributed by atoms with Gasteiger partial charge in [-0.25, -0.2) is 0 Å². The third kappa shape index (κ3) is 5.23. The number of benzene rings is 2. The Hall–Kier alpha value is -3.79.